The van der Waals surface area contributed by atoms with Crippen molar-refractivity contribution in [2.75, 3.05) is 0 Å². The lowest BCUT2D eigenvalue weighted by Crippen LogP contribution is -2.48. The second-order valence-corrected chi connectivity index (χ2v) is 7.26. The van der Waals surface area contributed by atoms with Crippen LogP contribution in [0.15, 0.2) is 0 Å². The molecule has 6 N–H and O–H groups in total. The highest BCUT2D eigenvalue weighted by atomic mass is 31.2. The molecule has 1 aliphatic carbocycles. The second kappa shape index (κ2) is 4.61. The van der Waals surface area contributed by atoms with E-state index in [1.807, 2.05) is 5.43 Å². The summed E-state index contributed by atoms with van der Waals surface area (Å²) in [5.74, 6) is 0. The standard InChI is InChI=1S/C5H14N2O6P2/c8-14(9,10)5(15(11,12)13)7-6-4-2-1-3-4/h4-7H,1-3H2,(H2,8,9,10)(H2,11,12,13). The Morgan fingerprint density at radius 1 is 1.07 bits per heavy atom. The van der Waals surface area contributed by atoms with Gasteiger partial charge in [0, 0.05) is 6.04 Å². The van der Waals surface area contributed by atoms with Gasteiger partial charge in [0.1, 0.15) is 0 Å². The van der Waals surface area contributed by atoms with Crippen LogP contribution < -0.4 is 10.9 Å². The first-order valence-corrected chi connectivity index (χ1v) is 7.69. The molecule has 15 heavy (non-hydrogen) atoms. The normalized spacial score (nSPS) is 19.3. The molecule has 0 unspecified atom stereocenters. The van der Waals surface area contributed by atoms with E-state index in [1.54, 1.807) is 0 Å². The van der Waals surface area contributed by atoms with Crippen LogP contribution in [0.2, 0.25) is 0 Å². The van der Waals surface area contributed by atoms with Gasteiger partial charge in [-0.2, -0.15) is 0 Å². The molecule has 10 heteroatoms. The molecule has 0 saturated heterocycles. The Morgan fingerprint density at radius 3 is 1.80 bits per heavy atom. The fourth-order valence-corrected chi connectivity index (χ4v) is 3.16. The molecule has 1 saturated carbocycles. The molecule has 0 atom stereocenters. The highest BCUT2D eigenvalue weighted by molar-refractivity contribution is 7.70. The predicted octanol–water partition coefficient (Wildman–Crippen LogP) is -0.728. The van der Waals surface area contributed by atoms with Gasteiger partial charge in [-0.05, 0) is 12.8 Å². The van der Waals surface area contributed by atoms with Crippen molar-refractivity contribution >= 4 is 15.2 Å². The summed E-state index contributed by atoms with van der Waals surface area (Å²) in [6.45, 7) is 0. The van der Waals surface area contributed by atoms with Crippen LogP contribution in [0.5, 0.6) is 0 Å². The van der Waals surface area contributed by atoms with Gasteiger partial charge in [0.25, 0.3) is 0 Å². The number of hydrazine groups is 1. The maximum absolute atomic E-state index is 10.8. The maximum atomic E-state index is 10.8. The molecule has 0 heterocycles. The van der Waals surface area contributed by atoms with E-state index in [1.165, 1.54) is 0 Å². The highest BCUT2D eigenvalue weighted by Gasteiger charge is 2.43. The minimum Gasteiger partial charge on any atom is -0.323 e. The molecule has 0 spiro atoms. The van der Waals surface area contributed by atoms with Crippen molar-refractivity contribution in [2.45, 2.75) is 30.8 Å². The van der Waals surface area contributed by atoms with Gasteiger partial charge in [-0.15, -0.1) is 0 Å². The van der Waals surface area contributed by atoms with Crippen molar-refractivity contribution < 1.29 is 28.7 Å². The van der Waals surface area contributed by atoms with E-state index < -0.39 is 20.7 Å². The minimum atomic E-state index is -4.88. The maximum Gasteiger partial charge on any atom is 0.356 e. The lowest BCUT2D eigenvalue weighted by atomic mass is 9.94. The van der Waals surface area contributed by atoms with Gasteiger partial charge >= 0.3 is 15.2 Å². The SMILES string of the molecule is O=P(O)(O)C(NNC1CCC1)P(=O)(O)O. The molecule has 0 aliphatic heterocycles. The molecular weight excluding hydrogens is 246 g/mol. The molecule has 8 nitrogen and oxygen atoms in total. The molecule has 1 fully saturated rings. The van der Waals surface area contributed by atoms with Gasteiger partial charge in [-0.1, -0.05) is 6.42 Å². The molecule has 0 radical (unpaired) electrons. The summed E-state index contributed by atoms with van der Waals surface area (Å²) in [5.41, 5.74) is 2.35. The third-order valence-corrected chi connectivity index (χ3v) is 5.50. The average molecular weight is 260 g/mol. The van der Waals surface area contributed by atoms with Crippen molar-refractivity contribution in [2.24, 2.45) is 0 Å². The molecule has 0 aromatic rings. The summed E-state index contributed by atoms with van der Waals surface area (Å²) in [4.78, 5) is 34.9. The summed E-state index contributed by atoms with van der Waals surface area (Å²) in [5, 5.41) is 0. The largest absolute Gasteiger partial charge is 0.356 e. The van der Waals surface area contributed by atoms with Crippen molar-refractivity contribution in [3.05, 3.63) is 0 Å². The topological polar surface area (TPSA) is 139 Å². The lowest BCUT2D eigenvalue weighted by molar-refractivity contribution is 0.275. The quantitative estimate of drug-likeness (QED) is 0.281. The molecule has 1 aliphatic rings. The Labute approximate surface area is 86.4 Å². The Morgan fingerprint density at radius 2 is 1.53 bits per heavy atom. The van der Waals surface area contributed by atoms with Gasteiger partial charge in [0.15, 0.2) is 0 Å². The second-order valence-electron chi connectivity index (χ2n) is 3.47. The fourth-order valence-electron chi connectivity index (χ4n) is 1.11. The van der Waals surface area contributed by atoms with E-state index in [2.05, 4.69) is 5.43 Å². The minimum absolute atomic E-state index is 0.0191. The summed E-state index contributed by atoms with van der Waals surface area (Å²) in [6.07, 6.45) is 2.64. The molecule has 90 valence electrons. The number of nitrogens with one attached hydrogen (secondary N) is 2. The summed E-state index contributed by atoms with van der Waals surface area (Å²) < 4.78 is 21.6. The predicted molar refractivity (Wildman–Crippen MR) is 51.8 cm³/mol. The van der Waals surface area contributed by atoms with Crippen molar-refractivity contribution in [3.63, 3.8) is 0 Å². The van der Waals surface area contributed by atoms with Crippen LogP contribution in [-0.2, 0) is 9.13 Å². The van der Waals surface area contributed by atoms with Gasteiger partial charge in [0.2, 0.25) is 5.52 Å². The highest BCUT2D eigenvalue weighted by Crippen LogP contribution is 2.57. The first-order valence-electron chi connectivity index (χ1n) is 4.33. The van der Waals surface area contributed by atoms with E-state index in [4.69, 9.17) is 19.6 Å². The van der Waals surface area contributed by atoms with Gasteiger partial charge in [-0.25, -0.2) is 5.43 Å². The molecule has 0 aromatic heterocycles. The van der Waals surface area contributed by atoms with Crippen LogP contribution >= 0.6 is 15.2 Å². The molecule has 0 aromatic carbocycles. The molecule has 0 amide bonds. The van der Waals surface area contributed by atoms with E-state index in [0.717, 1.165) is 19.3 Å². The number of hydrogen-bond donors (Lipinski definition) is 6. The summed E-state index contributed by atoms with van der Waals surface area (Å²) in [6, 6.07) is 0.0191. The van der Waals surface area contributed by atoms with Crippen molar-refractivity contribution in [1.29, 1.82) is 0 Å². The van der Waals surface area contributed by atoms with Crippen molar-refractivity contribution in [3.8, 4) is 0 Å². The zero-order chi connectivity index (χ0) is 11.7. The van der Waals surface area contributed by atoms with Crippen LogP contribution in [0.1, 0.15) is 19.3 Å². The molecule has 0 bridgehead atoms. The third-order valence-electron chi connectivity index (χ3n) is 2.16. The Kier molecular flexibility index (Phi) is 4.08. The van der Waals surface area contributed by atoms with Crippen LogP contribution in [-0.4, -0.2) is 31.1 Å². The zero-order valence-electron chi connectivity index (χ0n) is 7.78. The number of rotatable bonds is 5. The van der Waals surface area contributed by atoms with E-state index >= 15 is 0 Å². The van der Waals surface area contributed by atoms with Crippen molar-refractivity contribution in [1.82, 2.24) is 10.9 Å². The third kappa shape index (κ3) is 3.94. The van der Waals surface area contributed by atoms with Gasteiger partial charge in [-0.3, -0.25) is 14.6 Å². The number of hydrogen-bond acceptors (Lipinski definition) is 4. The van der Waals surface area contributed by atoms with Gasteiger partial charge < -0.3 is 19.6 Å². The smallest absolute Gasteiger partial charge is 0.323 e. The summed E-state index contributed by atoms with van der Waals surface area (Å²) in [7, 11) is -9.75. The Bertz CT molecular complexity index is 285. The Hall–Kier alpha value is 0.220. The first kappa shape index (κ1) is 13.3. The zero-order valence-corrected chi connectivity index (χ0v) is 9.56. The molecule has 1 rings (SSSR count). The van der Waals surface area contributed by atoms with E-state index in [-0.39, 0.29) is 6.04 Å². The van der Waals surface area contributed by atoms with Gasteiger partial charge in [0.05, 0.1) is 0 Å². The van der Waals surface area contributed by atoms with E-state index in [0.29, 0.717) is 0 Å². The average Bonchev–Trinajstić information content (AvgIpc) is 1.88. The monoisotopic (exact) mass is 260 g/mol. The first-order chi connectivity index (χ1) is 6.71. The fraction of sp³-hybridized carbons (Fsp3) is 1.00. The van der Waals surface area contributed by atoms with Crippen LogP contribution in [0.4, 0.5) is 0 Å². The summed E-state index contributed by atoms with van der Waals surface area (Å²) >= 11 is 0. The van der Waals surface area contributed by atoms with Crippen LogP contribution in [0, 0.1) is 0 Å². The van der Waals surface area contributed by atoms with Crippen LogP contribution in [0.3, 0.4) is 0 Å². The Balaban J connectivity index is 2.57. The van der Waals surface area contributed by atoms with Crippen LogP contribution in [0.25, 0.3) is 0 Å². The molecular formula is C5H14N2O6P2. The van der Waals surface area contributed by atoms with E-state index in [9.17, 15) is 9.13 Å². The lowest BCUT2D eigenvalue weighted by Gasteiger charge is -2.29.